The monoisotopic (exact) mass is 707 g/mol. The maximum absolute atomic E-state index is 6.64. The molecule has 0 saturated carbocycles. The summed E-state index contributed by atoms with van der Waals surface area (Å²) in [6, 6.07) is 60.9. The second-order valence-electron chi connectivity index (χ2n) is 13.9. The van der Waals surface area contributed by atoms with Gasteiger partial charge in [0.1, 0.15) is 27.8 Å². The Labute approximate surface area is 313 Å². The molecular weight excluding hydrogens is 679 g/mol. The number of nitrogens with zero attached hydrogens (tertiary/aromatic N) is 3. The maximum Gasteiger partial charge on any atom is 0.227 e. The number of hydrogen-bond acceptors (Lipinski definition) is 5. The Hall–Kier alpha value is -7.57. The Kier molecular flexibility index (Phi) is 6.24. The Bertz CT molecular complexity index is 3440. The van der Waals surface area contributed by atoms with Crippen LogP contribution in [0.5, 0.6) is 0 Å². The van der Waals surface area contributed by atoms with E-state index in [4.69, 9.17) is 18.2 Å². The number of hydrogen-bond donors (Lipinski definition) is 0. The van der Waals surface area contributed by atoms with E-state index >= 15 is 0 Å². The molecule has 0 aliphatic rings. The van der Waals surface area contributed by atoms with Crippen LogP contribution in [0.1, 0.15) is 0 Å². The highest BCUT2D eigenvalue weighted by atomic mass is 16.4. The molecule has 0 spiro atoms. The van der Waals surface area contributed by atoms with E-state index in [1.165, 1.54) is 10.8 Å². The zero-order chi connectivity index (χ0) is 36.0. The van der Waals surface area contributed by atoms with Crippen LogP contribution >= 0.6 is 0 Å². The molecular formula is C49H29N3O3. The lowest BCUT2D eigenvalue weighted by Gasteiger charge is -2.27. The van der Waals surface area contributed by atoms with Gasteiger partial charge >= 0.3 is 0 Å². The molecule has 55 heavy (non-hydrogen) atoms. The summed E-state index contributed by atoms with van der Waals surface area (Å²) in [4.78, 5) is 7.15. The van der Waals surface area contributed by atoms with Gasteiger partial charge in [0.25, 0.3) is 0 Å². The van der Waals surface area contributed by atoms with Crippen LogP contribution in [0.3, 0.4) is 0 Å². The van der Waals surface area contributed by atoms with Crippen LogP contribution in [0.4, 0.5) is 17.1 Å². The molecule has 4 heterocycles. The molecule has 0 N–H and O–H groups in total. The van der Waals surface area contributed by atoms with Gasteiger partial charge in [0.2, 0.25) is 5.89 Å². The minimum atomic E-state index is 0.586. The molecule has 4 aromatic heterocycles. The quantitative estimate of drug-likeness (QED) is 0.178. The highest BCUT2D eigenvalue weighted by Crippen LogP contribution is 2.46. The second kappa shape index (κ2) is 11.5. The first-order valence-corrected chi connectivity index (χ1v) is 18.4. The zero-order valence-electron chi connectivity index (χ0n) is 29.3. The standard InChI is InChI=1S/C49H29N3O3/c1-3-12-30(13-4-1)49-50-39-26-27-43-46(48(39)55-49)38-25-23-33(29-45(38)54-43)51(32-22-24-36-35-17-8-10-21-42(35)53-44(36)28-32)41-20-11-18-37-34-16-7-9-19-40(34)52(47(37)41)31-14-5-2-6-15-31/h1-29H. The van der Waals surface area contributed by atoms with E-state index in [2.05, 4.69) is 131 Å². The molecule has 0 fully saturated rings. The third-order valence-electron chi connectivity index (χ3n) is 10.8. The Morgan fingerprint density at radius 2 is 1.11 bits per heavy atom. The van der Waals surface area contributed by atoms with Gasteiger partial charge in [0, 0.05) is 61.7 Å². The zero-order valence-corrected chi connectivity index (χ0v) is 29.3. The summed E-state index contributed by atoms with van der Waals surface area (Å²) in [5.41, 5.74) is 11.9. The van der Waals surface area contributed by atoms with Crippen molar-refractivity contribution < 1.29 is 13.3 Å². The Morgan fingerprint density at radius 3 is 1.95 bits per heavy atom. The average molecular weight is 708 g/mol. The smallest absolute Gasteiger partial charge is 0.227 e. The summed E-state index contributed by atoms with van der Waals surface area (Å²) in [7, 11) is 0. The van der Waals surface area contributed by atoms with Gasteiger partial charge in [0.05, 0.1) is 22.1 Å². The fourth-order valence-electron chi connectivity index (χ4n) is 8.38. The molecule has 0 saturated heterocycles. The Morgan fingerprint density at radius 1 is 0.455 bits per heavy atom. The lowest BCUT2D eigenvalue weighted by Crippen LogP contribution is -2.11. The van der Waals surface area contributed by atoms with E-state index in [0.717, 1.165) is 88.7 Å². The molecule has 6 nitrogen and oxygen atoms in total. The number of aromatic nitrogens is 2. The van der Waals surface area contributed by atoms with Gasteiger partial charge in [-0.1, -0.05) is 84.9 Å². The highest BCUT2D eigenvalue weighted by molar-refractivity contribution is 6.18. The predicted molar refractivity (Wildman–Crippen MR) is 223 cm³/mol. The van der Waals surface area contributed by atoms with Crippen LogP contribution in [-0.2, 0) is 0 Å². The molecule has 258 valence electrons. The van der Waals surface area contributed by atoms with Crippen molar-refractivity contribution in [2.24, 2.45) is 0 Å². The van der Waals surface area contributed by atoms with E-state index < -0.39 is 0 Å². The van der Waals surface area contributed by atoms with Gasteiger partial charge in [-0.2, -0.15) is 0 Å². The average Bonchev–Trinajstić information content (AvgIpc) is 4.02. The van der Waals surface area contributed by atoms with E-state index in [9.17, 15) is 0 Å². The number of furan rings is 2. The minimum Gasteiger partial charge on any atom is -0.456 e. The summed E-state index contributed by atoms with van der Waals surface area (Å²) in [6.07, 6.45) is 0. The van der Waals surface area contributed by atoms with Crippen LogP contribution in [0, 0.1) is 0 Å². The highest BCUT2D eigenvalue weighted by Gasteiger charge is 2.24. The first-order valence-electron chi connectivity index (χ1n) is 18.4. The lowest BCUT2D eigenvalue weighted by atomic mass is 10.1. The van der Waals surface area contributed by atoms with Crippen LogP contribution in [0.25, 0.3) is 93.9 Å². The first kappa shape index (κ1) is 29.9. The molecule has 0 aliphatic heterocycles. The van der Waals surface area contributed by atoms with Crippen molar-refractivity contribution in [3.63, 3.8) is 0 Å². The number of para-hydroxylation sites is 4. The first-order chi connectivity index (χ1) is 27.3. The third kappa shape index (κ3) is 4.46. The largest absolute Gasteiger partial charge is 0.456 e. The normalized spacial score (nSPS) is 12.0. The summed E-state index contributed by atoms with van der Waals surface area (Å²) in [5.74, 6) is 0.586. The van der Waals surface area contributed by atoms with E-state index in [1.54, 1.807) is 0 Å². The molecule has 0 amide bonds. The van der Waals surface area contributed by atoms with Crippen molar-refractivity contribution in [2.45, 2.75) is 0 Å². The van der Waals surface area contributed by atoms with Crippen molar-refractivity contribution in [3.8, 4) is 17.1 Å². The van der Waals surface area contributed by atoms with Gasteiger partial charge in [-0.25, -0.2) is 4.98 Å². The van der Waals surface area contributed by atoms with Crippen molar-refractivity contribution >= 4 is 93.8 Å². The SMILES string of the molecule is c1ccc(-c2nc3ccc4oc5cc(N(c6ccc7c(c6)oc6ccccc67)c6cccc7c8ccccc8n(-c8ccccc8)c67)ccc5c4c3o2)cc1. The lowest BCUT2D eigenvalue weighted by molar-refractivity contribution is 0.622. The fourth-order valence-corrected chi connectivity index (χ4v) is 8.38. The molecule has 6 heteroatoms. The van der Waals surface area contributed by atoms with E-state index in [-0.39, 0.29) is 0 Å². The van der Waals surface area contributed by atoms with Gasteiger partial charge in [0.15, 0.2) is 5.58 Å². The fraction of sp³-hybridized carbons (Fsp3) is 0. The number of oxazole rings is 1. The molecule has 8 aromatic carbocycles. The maximum atomic E-state index is 6.64. The van der Waals surface area contributed by atoms with Crippen LogP contribution in [-0.4, -0.2) is 9.55 Å². The van der Waals surface area contributed by atoms with Gasteiger partial charge in [-0.15, -0.1) is 0 Å². The van der Waals surface area contributed by atoms with Gasteiger partial charge in [-0.3, -0.25) is 0 Å². The molecule has 0 radical (unpaired) electrons. The van der Waals surface area contributed by atoms with Gasteiger partial charge < -0.3 is 22.7 Å². The molecule has 12 aromatic rings. The van der Waals surface area contributed by atoms with Crippen LogP contribution in [0.15, 0.2) is 189 Å². The molecule has 0 unspecified atom stereocenters. The predicted octanol–water partition coefficient (Wildman–Crippen LogP) is 13.9. The summed E-state index contributed by atoms with van der Waals surface area (Å²) in [5, 5.41) is 6.40. The van der Waals surface area contributed by atoms with Crippen molar-refractivity contribution in [1.29, 1.82) is 0 Å². The third-order valence-corrected chi connectivity index (χ3v) is 10.8. The van der Waals surface area contributed by atoms with Crippen molar-refractivity contribution in [2.75, 3.05) is 4.90 Å². The molecule has 12 rings (SSSR count). The summed E-state index contributed by atoms with van der Waals surface area (Å²) >= 11 is 0. The molecule has 0 bridgehead atoms. The summed E-state index contributed by atoms with van der Waals surface area (Å²) in [6.45, 7) is 0. The van der Waals surface area contributed by atoms with E-state index in [1.807, 2.05) is 54.6 Å². The minimum absolute atomic E-state index is 0.586. The summed E-state index contributed by atoms with van der Waals surface area (Å²) < 4.78 is 21.9. The van der Waals surface area contributed by atoms with Crippen LogP contribution in [0.2, 0.25) is 0 Å². The van der Waals surface area contributed by atoms with Crippen molar-refractivity contribution in [1.82, 2.24) is 9.55 Å². The number of benzene rings is 8. The number of rotatable bonds is 5. The number of anilines is 3. The van der Waals surface area contributed by atoms with Crippen molar-refractivity contribution in [3.05, 3.63) is 176 Å². The number of fused-ring (bicyclic) bond motifs is 11. The second-order valence-corrected chi connectivity index (χ2v) is 13.9. The van der Waals surface area contributed by atoms with Crippen LogP contribution < -0.4 is 4.90 Å². The van der Waals surface area contributed by atoms with Gasteiger partial charge in [-0.05, 0) is 78.9 Å². The Balaban J connectivity index is 1.13. The topological polar surface area (TPSA) is 60.5 Å². The molecule has 0 aliphatic carbocycles. The van der Waals surface area contributed by atoms with E-state index in [0.29, 0.717) is 11.5 Å². The molecule has 0 atom stereocenters.